The highest BCUT2D eigenvalue weighted by Crippen LogP contribution is 2.44. The predicted molar refractivity (Wildman–Crippen MR) is 146 cm³/mol. The molecule has 3 aromatic rings. The number of carboxylic acid groups (broad SMARTS) is 1. The summed E-state index contributed by atoms with van der Waals surface area (Å²) in [6.07, 6.45) is -0.166. The number of carbonyl (C=O) groups is 3. The molecule has 0 aromatic heterocycles. The fraction of sp³-hybridized carbons (Fsp3) is 0.233. The molecule has 0 aliphatic carbocycles. The second-order valence-electron chi connectivity index (χ2n) is 9.55. The Hall–Kier alpha value is -4.59. The van der Waals surface area contributed by atoms with E-state index in [1.54, 1.807) is 30.3 Å². The predicted octanol–water partition coefficient (Wildman–Crippen LogP) is 4.63. The van der Waals surface area contributed by atoms with Crippen LogP contribution in [0, 0.1) is 13.8 Å². The number of hydrogen-bond acceptors (Lipinski definition) is 6. The molecular formula is C30H30N2O6. The molecule has 1 amide bonds. The van der Waals surface area contributed by atoms with Gasteiger partial charge in [-0.25, -0.2) is 0 Å². The number of carboxylic acids is 1. The van der Waals surface area contributed by atoms with Crippen molar-refractivity contribution in [2.24, 2.45) is 0 Å². The third-order valence-electron chi connectivity index (χ3n) is 6.62. The van der Waals surface area contributed by atoms with E-state index < -0.39 is 23.7 Å². The Labute approximate surface area is 221 Å². The van der Waals surface area contributed by atoms with Gasteiger partial charge in [0.1, 0.15) is 11.5 Å². The Morgan fingerprint density at radius 1 is 0.974 bits per heavy atom. The van der Waals surface area contributed by atoms with Crippen molar-refractivity contribution in [3.8, 4) is 5.75 Å². The molecule has 0 saturated carbocycles. The van der Waals surface area contributed by atoms with E-state index in [4.69, 9.17) is 9.84 Å². The lowest BCUT2D eigenvalue weighted by atomic mass is 9.93. The number of aliphatic hydroxyl groups excluding tert-OH is 1. The molecule has 1 aliphatic heterocycles. The van der Waals surface area contributed by atoms with Gasteiger partial charge in [0.05, 0.1) is 30.7 Å². The summed E-state index contributed by atoms with van der Waals surface area (Å²) in [4.78, 5) is 41.4. The molecular weight excluding hydrogens is 484 g/mol. The highest BCUT2D eigenvalue weighted by molar-refractivity contribution is 6.51. The van der Waals surface area contributed by atoms with Crippen LogP contribution in [0.5, 0.6) is 5.75 Å². The summed E-state index contributed by atoms with van der Waals surface area (Å²) in [5.41, 5.74) is 4.46. The number of Topliss-reactive ketones (excluding diaryl/α,β-unsaturated/α-hetero) is 1. The van der Waals surface area contributed by atoms with E-state index in [2.05, 4.69) is 0 Å². The van der Waals surface area contributed by atoms with Crippen LogP contribution in [0.25, 0.3) is 5.76 Å². The maximum Gasteiger partial charge on any atom is 0.307 e. The minimum absolute atomic E-state index is 0.0504. The molecule has 3 aromatic carbocycles. The van der Waals surface area contributed by atoms with E-state index in [1.165, 1.54) is 12.0 Å². The van der Waals surface area contributed by atoms with Crippen molar-refractivity contribution in [3.05, 3.63) is 94.1 Å². The number of rotatable bonds is 7. The largest absolute Gasteiger partial charge is 0.507 e. The van der Waals surface area contributed by atoms with Crippen LogP contribution in [0.1, 0.15) is 33.9 Å². The average Bonchev–Trinajstić information content (AvgIpc) is 3.13. The zero-order valence-electron chi connectivity index (χ0n) is 22.0. The van der Waals surface area contributed by atoms with Crippen molar-refractivity contribution < 1.29 is 29.3 Å². The van der Waals surface area contributed by atoms with Crippen LogP contribution in [0.3, 0.4) is 0 Å². The summed E-state index contributed by atoms with van der Waals surface area (Å²) >= 11 is 0. The van der Waals surface area contributed by atoms with Gasteiger partial charge in [-0.3, -0.25) is 19.3 Å². The lowest BCUT2D eigenvalue weighted by molar-refractivity contribution is -0.136. The Bertz CT molecular complexity index is 1440. The van der Waals surface area contributed by atoms with Gasteiger partial charge in [-0.2, -0.15) is 0 Å². The molecule has 1 aliphatic rings. The minimum Gasteiger partial charge on any atom is -0.507 e. The van der Waals surface area contributed by atoms with Gasteiger partial charge >= 0.3 is 5.97 Å². The fourth-order valence-corrected chi connectivity index (χ4v) is 4.86. The van der Waals surface area contributed by atoms with E-state index in [0.717, 1.165) is 16.8 Å². The van der Waals surface area contributed by atoms with Crippen molar-refractivity contribution >= 4 is 34.8 Å². The zero-order chi connectivity index (χ0) is 27.7. The minimum atomic E-state index is -0.971. The molecule has 1 atom stereocenters. The summed E-state index contributed by atoms with van der Waals surface area (Å²) in [5, 5.41) is 20.7. The van der Waals surface area contributed by atoms with Crippen molar-refractivity contribution in [1.29, 1.82) is 0 Å². The molecule has 1 saturated heterocycles. The molecule has 0 radical (unpaired) electrons. The standard InChI is InChI=1S/C30H30N2O6/c1-17-14-18(2)29(38-5)23(15-17)27(35)25-26(20-8-12-21(13-9-20)31(3)4)32(30(37)28(25)36)22-10-6-19(7-11-22)16-24(33)34/h6-15,26,35H,16H2,1-5H3,(H,33,34)/b27-25+. The smallest absolute Gasteiger partial charge is 0.307 e. The monoisotopic (exact) mass is 514 g/mol. The number of aryl methyl sites for hydroxylation is 2. The van der Waals surface area contributed by atoms with Gasteiger partial charge in [0.2, 0.25) is 0 Å². The van der Waals surface area contributed by atoms with Gasteiger partial charge in [0.25, 0.3) is 11.7 Å². The lowest BCUT2D eigenvalue weighted by Crippen LogP contribution is -2.29. The Balaban J connectivity index is 1.94. The summed E-state index contributed by atoms with van der Waals surface area (Å²) in [6, 6.07) is 16.6. The van der Waals surface area contributed by atoms with Gasteiger partial charge in [-0.1, -0.05) is 30.3 Å². The molecule has 0 bridgehead atoms. The van der Waals surface area contributed by atoms with E-state index >= 15 is 0 Å². The van der Waals surface area contributed by atoms with Crippen LogP contribution < -0.4 is 14.5 Å². The fourth-order valence-electron chi connectivity index (χ4n) is 4.86. The normalized spacial score (nSPS) is 16.6. The number of anilines is 2. The number of aliphatic carboxylic acids is 1. The highest BCUT2D eigenvalue weighted by Gasteiger charge is 2.47. The Morgan fingerprint density at radius 2 is 1.61 bits per heavy atom. The van der Waals surface area contributed by atoms with E-state index in [-0.39, 0.29) is 17.8 Å². The molecule has 8 heteroatoms. The van der Waals surface area contributed by atoms with Gasteiger partial charge < -0.3 is 19.8 Å². The Morgan fingerprint density at radius 3 is 2.16 bits per heavy atom. The first kappa shape index (κ1) is 26.5. The maximum absolute atomic E-state index is 13.5. The number of ether oxygens (including phenoxy) is 1. The molecule has 1 unspecified atom stereocenters. The molecule has 0 spiro atoms. The topological polar surface area (TPSA) is 107 Å². The first-order valence-corrected chi connectivity index (χ1v) is 12.1. The van der Waals surface area contributed by atoms with Crippen LogP contribution in [-0.4, -0.2) is 49.1 Å². The van der Waals surface area contributed by atoms with Crippen LogP contribution in [0.2, 0.25) is 0 Å². The van der Waals surface area contributed by atoms with Gasteiger partial charge in [0.15, 0.2) is 0 Å². The summed E-state index contributed by atoms with van der Waals surface area (Å²) in [6.45, 7) is 3.72. The van der Waals surface area contributed by atoms with Crippen molar-refractivity contribution in [1.82, 2.24) is 0 Å². The summed E-state index contributed by atoms with van der Waals surface area (Å²) < 4.78 is 5.56. The van der Waals surface area contributed by atoms with E-state index in [0.29, 0.717) is 28.1 Å². The molecule has 196 valence electrons. The second kappa shape index (κ2) is 10.4. The Kier molecular flexibility index (Phi) is 7.26. The first-order chi connectivity index (χ1) is 18.0. The number of aliphatic hydroxyl groups is 1. The van der Waals surface area contributed by atoms with Crippen LogP contribution in [0.15, 0.2) is 66.2 Å². The lowest BCUT2D eigenvalue weighted by Gasteiger charge is -2.26. The molecule has 38 heavy (non-hydrogen) atoms. The van der Waals surface area contributed by atoms with Crippen molar-refractivity contribution in [3.63, 3.8) is 0 Å². The van der Waals surface area contributed by atoms with Crippen LogP contribution in [0.4, 0.5) is 11.4 Å². The SMILES string of the molecule is COc1c(C)cc(C)cc1/C(O)=C1\C(=O)C(=O)N(c2ccc(CC(=O)O)cc2)C1c1ccc(N(C)C)cc1. The van der Waals surface area contributed by atoms with Crippen LogP contribution in [-0.2, 0) is 20.8 Å². The number of amides is 1. The van der Waals surface area contributed by atoms with Crippen molar-refractivity contribution in [2.75, 3.05) is 31.0 Å². The molecule has 2 N–H and O–H groups in total. The summed E-state index contributed by atoms with van der Waals surface area (Å²) in [7, 11) is 5.31. The molecule has 1 heterocycles. The number of methoxy groups -OCH3 is 1. The quantitative estimate of drug-likeness (QED) is 0.269. The van der Waals surface area contributed by atoms with Crippen molar-refractivity contribution in [2.45, 2.75) is 26.3 Å². The summed E-state index contributed by atoms with van der Waals surface area (Å²) in [5.74, 6) is -2.48. The van der Waals surface area contributed by atoms with Gasteiger partial charge in [-0.15, -0.1) is 0 Å². The van der Waals surface area contributed by atoms with Gasteiger partial charge in [0, 0.05) is 25.5 Å². The molecule has 4 rings (SSSR count). The number of benzene rings is 3. The third-order valence-corrected chi connectivity index (χ3v) is 6.62. The third kappa shape index (κ3) is 4.85. The molecule has 8 nitrogen and oxygen atoms in total. The van der Waals surface area contributed by atoms with E-state index in [1.807, 2.05) is 63.2 Å². The number of nitrogens with zero attached hydrogens (tertiary/aromatic N) is 2. The van der Waals surface area contributed by atoms with Crippen LogP contribution >= 0.6 is 0 Å². The van der Waals surface area contributed by atoms with E-state index in [9.17, 15) is 19.5 Å². The van der Waals surface area contributed by atoms with Gasteiger partial charge in [-0.05, 0) is 66.4 Å². The first-order valence-electron chi connectivity index (χ1n) is 12.1. The number of carbonyl (C=O) groups excluding carboxylic acids is 2. The maximum atomic E-state index is 13.5. The highest BCUT2D eigenvalue weighted by atomic mass is 16.5. The number of hydrogen-bond donors (Lipinski definition) is 2. The zero-order valence-corrected chi connectivity index (χ0v) is 22.0. The average molecular weight is 515 g/mol. The number of ketones is 1. The molecule has 1 fully saturated rings. The second-order valence-corrected chi connectivity index (χ2v) is 9.55.